The molecule has 2 fully saturated rings. The minimum absolute atomic E-state index is 0.0303. The van der Waals surface area contributed by atoms with Gasteiger partial charge < -0.3 is 35.1 Å². The number of aromatic amines is 2. The Morgan fingerprint density at radius 3 is 2.12 bits per heavy atom. The molecule has 56 heavy (non-hydrogen) atoms. The van der Waals surface area contributed by atoms with Gasteiger partial charge in [0.2, 0.25) is 17.7 Å². The van der Waals surface area contributed by atoms with E-state index in [9.17, 15) is 19.2 Å². The number of hydrogen-bond donors (Lipinski definition) is 4. The maximum atomic E-state index is 12.5. The van der Waals surface area contributed by atoms with Crippen LogP contribution < -0.4 is 10.6 Å². The number of fused-ring (bicyclic) bond motifs is 2. The van der Waals surface area contributed by atoms with E-state index in [1.807, 2.05) is 36.5 Å². The molecule has 296 valence electrons. The van der Waals surface area contributed by atoms with Gasteiger partial charge in [0.05, 0.1) is 58.6 Å². The lowest BCUT2D eigenvalue weighted by Gasteiger charge is -2.23. The van der Waals surface area contributed by atoms with Crippen molar-refractivity contribution in [2.75, 3.05) is 39.8 Å². The summed E-state index contributed by atoms with van der Waals surface area (Å²) in [6.45, 7) is 9.01. The van der Waals surface area contributed by atoms with Gasteiger partial charge in [0.1, 0.15) is 6.04 Å². The molecule has 13 nitrogen and oxygen atoms in total. The van der Waals surface area contributed by atoms with Crippen LogP contribution in [0, 0.1) is 0 Å². The third-order valence-corrected chi connectivity index (χ3v) is 11.2. The number of carbonyl (C=O) groups excluding carboxylic acids is 4. The number of alkyl carbamates (subject to hydrolysis) is 1. The average molecular weight is 799 g/mol. The SMILES string of the molecule is CC(=O)NCC(=O)N1CCCC1.CCC.COC(=O)NC(C(=O)N1CCCC1)c1ccccc1.c1ncc(-c2csc3c(-c4ccc5nc[nH]c5c4)csc23)[nH]1. The number of amides is 4. The molecule has 0 saturated carbocycles. The van der Waals surface area contributed by atoms with Gasteiger partial charge in [-0.05, 0) is 48.9 Å². The Balaban J connectivity index is 0.000000162. The van der Waals surface area contributed by atoms with Gasteiger partial charge in [0, 0.05) is 55.0 Å². The molecule has 0 aliphatic carbocycles. The van der Waals surface area contributed by atoms with Crippen molar-refractivity contribution in [3.05, 3.63) is 83.7 Å². The Labute approximate surface area is 334 Å². The summed E-state index contributed by atoms with van der Waals surface area (Å²) in [4.78, 5) is 64.0. The molecule has 2 saturated heterocycles. The molecule has 1 unspecified atom stereocenters. The highest BCUT2D eigenvalue weighted by atomic mass is 32.1. The highest BCUT2D eigenvalue weighted by molar-refractivity contribution is 7.27. The van der Waals surface area contributed by atoms with E-state index in [0.717, 1.165) is 74.2 Å². The first-order chi connectivity index (χ1) is 27.2. The highest BCUT2D eigenvalue weighted by Crippen LogP contribution is 2.43. The zero-order chi connectivity index (χ0) is 39.9. The molecule has 0 bridgehead atoms. The molecular weight excluding hydrogens is 749 g/mol. The average Bonchev–Trinajstić information content (AvgIpc) is 4.07. The zero-order valence-electron chi connectivity index (χ0n) is 32.3. The minimum atomic E-state index is -0.674. The predicted octanol–water partition coefficient (Wildman–Crippen LogP) is 7.76. The zero-order valence-corrected chi connectivity index (χ0v) is 33.9. The number of rotatable bonds is 7. The quantitative estimate of drug-likeness (QED) is 0.128. The fraction of sp³-hybridized carbons (Fsp3) is 0.366. The number of nitrogens with zero attached hydrogens (tertiary/aromatic N) is 4. The first-order valence-corrected chi connectivity index (χ1v) is 20.6. The summed E-state index contributed by atoms with van der Waals surface area (Å²) < 4.78 is 7.24. The van der Waals surface area contributed by atoms with E-state index in [1.54, 1.807) is 45.1 Å². The van der Waals surface area contributed by atoms with E-state index in [4.69, 9.17) is 0 Å². The highest BCUT2D eigenvalue weighted by Gasteiger charge is 2.29. The molecule has 4 N–H and O–H groups in total. The second-order valence-electron chi connectivity index (χ2n) is 13.3. The van der Waals surface area contributed by atoms with Crippen molar-refractivity contribution in [1.82, 2.24) is 40.4 Å². The fourth-order valence-corrected chi connectivity index (χ4v) is 8.66. The molecule has 4 aromatic heterocycles. The minimum Gasteiger partial charge on any atom is -0.453 e. The molecule has 2 aliphatic heterocycles. The second kappa shape index (κ2) is 20.9. The summed E-state index contributed by atoms with van der Waals surface area (Å²) in [5, 5.41) is 9.54. The Morgan fingerprint density at radius 2 is 1.50 bits per heavy atom. The van der Waals surface area contributed by atoms with Crippen LogP contribution in [-0.4, -0.2) is 93.4 Å². The van der Waals surface area contributed by atoms with Crippen molar-refractivity contribution >= 4 is 66.9 Å². The molecule has 4 amide bonds. The second-order valence-corrected chi connectivity index (χ2v) is 15.0. The largest absolute Gasteiger partial charge is 0.453 e. The molecule has 6 heterocycles. The van der Waals surface area contributed by atoms with Crippen LogP contribution in [0.2, 0.25) is 0 Å². The number of H-pyrrole nitrogens is 2. The number of aromatic nitrogens is 4. The lowest BCUT2D eigenvalue weighted by atomic mass is 10.1. The molecule has 1 atom stereocenters. The van der Waals surface area contributed by atoms with Crippen molar-refractivity contribution in [1.29, 1.82) is 0 Å². The fourth-order valence-electron chi connectivity index (χ4n) is 6.22. The Bertz CT molecular complexity index is 2150. The summed E-state index contributed by atoms with van der Waals surface area (Å²) in [5.74, 6) is -0.195. The van der Waals surface area contributed by atoms with Crippen LogP contribution in [0.4, 0.5) is 4.79 Å². The molecule has 8 rings (SSSR count). The van der Waals surface area contributed by atoms with Crippen LogP contribution in [0.3, 0.4) is 0 Å². The van der Waals surface area contributed by atoms with Crippen LogP contribution in [0.15, 0.2) is 78.1 Å². The third kappa shape index (κ3) is 11.0. The Hall–Kier alpha value is -5.54. The van der Waals surface area contributed by atoms with Gasteiger partial charge in [-0.3, -0.25) is 14.4 Å². The predicted molar refractivity (Wildman–Crippen MR) is 223 cm³/mol. The van der Waals surface area contributed by atoms with E-state index in [1.165, 1.54) is 46.5 Å². The maximum absolute atomic E-state index is 12.5. The van der Waals surface area contributed by atoms with Crippen LogP contribution in [-0.2, 0) is 19.1 Å². The van der Waals surface area contributed by atoms with E-state index >= 15 is 0 Å². The van der Waals surface area contributed by atoms with Crippen LogP contribution in [0.1, 0.15) is 64.5 Å². The molecule has 2 aliphatic rings. The number of carbonyl (C=O) groups is 4. The smallest absolute Gasteiger partial charge is 0.407 e. The lowest BCUT2D eigenvalue weighted by Crippen LogP contribution is -2.41. The van der Waals surface area contributed by atoms with E-state index in [-0.39, 0.29) is 24.3 Å². The van der Waals surface area contributed by atoms with Crippen molar-refractivity contribution in [2.24, 2.45) is 0 Å². The number of nitrogens with one attached hydrogen (secondary N) is 4. The van der Waals surface area contributed by atoms with Crippen molar-refractivity contribution in [3.63, 3.8) is 0 Å². The number of imidazole rings is 2. The monoisotopic (exact) mass is 798 g/mol. The molecule has 2 aromatic carbocycles. The summed E-state index contributed by atoms with van der Waals surface area (Å²) in [7, 11) is 1.29. The van der Waals surface area contributed by atoms with Crippen molar-refractivity contribution in [3.8, 4) is 22.4 Å². The lowest BCUT2D eigenvalue weighted by molar-refractivity contribution is -0.132. The third-order valence-electron chi connectivity index (χ3n) is 9.00. The van der Waals surface area contributed by atoms with Gasteiger partial charge in [-0.2, -0.15) is 0 Å². The topological polar surface area (TPSA) is 165 Å². The summed E-state index contributed by atoms with van der Waals surface area (Å²) in [6, 6.07) is 14.9. The maximum Gasteiger partial charge on any atom is 0.407 e. The molecule has 0 spiro atoms. The standard InChI is InChI=1S/C16H10N4S2.C14H18N2O3.C8H14N2O2.C3H8/c1-2-12-13(20-8-19-12)3-9(1)10-5-21-16-11(6-22-15(10)16)14-4-17-7-18-14;1-19-14(18)15-12(11-7-3-2-4-8-11)13(17)16-9-5-6-10-16;1-7(11)9-6-8(12)10-4-2-3-5-10;1-3-2/h1-8H,(H,17,18)(H,19,20);2-4,7-8,12H,5-6,9-10H2,1H3,(H,15,18);2-6H2,1H3,(H,9,11);3H2,1-2H3. The summed E-state index contributed by atoms with van der Waals surface area (Å²) in [6.07, 6.45) is 10.2. The number of methoxy groups -OCH3 is 1. The normalized spacial score (nSPS) is 13.8. The number of benzene rings is 2. The Morgan fingerprint density at radius 1 is 0.857 bits per heavy atom. The van der Waals surface area contributed by atoms with E-state index in [0.29, 0.717) is 0 Å². The summed E-state index contributed by atoms with van der Waals surface area (Å²) >= 11 is 3.57. The molecule has 0 radical (unpaired) electrons. The van der Waals surface area contributed by atoms with E-state index < -0.39 is 12.1 Å². The van der Waals surface area contributed by atoms with Gasteiger partial charge in [0.25, 0.3) is 0 Å². The van der Waals surface area contributed by atoms with Gasteiger partial charge in [-0.1, -0.05) is 56.7 Å². The van der Waals surface area contributed by atoms with E-state index in [2.05, 4.69) is 78.1 Å². The van der Waals surface area contributed by atoms with Crippen LogP contribution in [0.5, 0.6) is 0 Å². The molecular formula is C41H50N8O5S2. The van der Waals surface area contributed by atoms with Crippen molar-refractivity contribution in [2.45, 2.75) is 58.9 Å². The summed E-state index contributed by atoms with van der Waals surface area (Å²) in [5.41, 5.74) is 7.65. The number of ether oxygens (including phenoxy) is 1. The molecule has 15 heteroatoms. The van der Waals surface area contributed by atoms with Gasteiger partial charge in [-0.25, -0.2) is 14.8 Å². The van der Waals surface area contributed by atoms with Gasteiger partial charge >= 0.3 is 6.09 Å². The van der Waals surface area contributed by atoms with Crippen LogP contribution >= 0.6 is 22.7 Å². The van der Waals surface area contributed by atoms with Crippen LogP contribution in [0.25, 0.3) is 42.8 Å². The number of likely N-dealkylation sites (tertiary alicyclic amines) is 2. The number of thiophene rings is 2. The van der Waals surface area contributed by atoms with Gasteiger partial charge in [-0.15, -0.1) is 22.7 Å². The first kappa shape index (κ1) is 41.6. The van der Waals surface area contributed by atoms with Crippen molar-refractivity contribution < 1.29 is 23.9 Å². The van der Waals surface area contributed by atoms with Gasteiger partial charge in [0.15, 0.2) is 0 Å². The molecule has 6 aromatic rings. The Kier molecular flexibility index (Phi) is 15.6. The first-order valence-electron chi connectivity index (χ1n) is 18.8. The number of hydrogen-bond acceptors (Lipinski definition) is 9.